The number of rotatable bonds is 7. The molecule has 0 amide bonds. The van der Waals surface area contributed by atoms with E-state index in [0.29, 0.717) is 11.8 Å². The number of halogens is 2. The average Bonchev–Trinajstić information content (AvgIpc) is 2.70. The van der Waals surface area contributed by atoms with E-state index < -0.39 is 8.07 Å². The summed E-state index contributed by atoms with van der Waals surface area (Å²) in [5.74, 6) is 0.717. The van der Waals surface area contributed by atoms with Crippen LogP contribution in [-0.2, 0) is 4.74 Å². The highest BCUT2D eigenvalue weighted by Gasteiger charge is 2.26. The standard InChI is InChI=1S/C15H22BrClN2OSi/c1-6-13(17)12-10-14(16)19(15(12)18-7-2)11-20-8-9-21(3,4)5/h6-7,10H,1-2,8-9,11H2,3-5H3/b13-12+,18-15?. The lowest BCUT2D eigenvalue weighted by atomic mass is 10.2. The molecule has 3 nitrogen and oxygen atoms in total. The van der Waals surface area contributed by atoms with Gasteiger partial charge in [0.05, 0.1) is 9.64 Å². The lowest BCUT2D eigenvalue weighted by Gasteiger charge is -2.22. The van der Waals surface area contributed by atoms with Crippen LogP contribution in [0, 0.1) is 0 Å². The van der Waals surface area contributed by atoms with Crippen LogP contribution in [0.1, 0.15) is 0 Å². The molecule has 0 saturated heterocycles. The number of ether oxygens (including phenoxy) is 1. The van der Waals surface area contributed by atoms with Crippen molar-refractivity contribution in [2.24, 2.45) is 4.99 Å². The zero-order chi connectivity index (χ0) is 16.0. The van der Waals surface area contributed by atoms with Crippen molar-refractivity contribution >= 4 is 41.4 Å². The Morgan fingerprint density at radius 2 is 2.14 bits per heavy atom. The third-order valence-corrected chi connectivity index (χ3v) is 5.60. The van der Waals surface area contributed by atoms with Gasteiger partial charge in [0, 0.05) is 26.5 Å². The van der Waals surface area contributed by atoms with Crippen molar-refractivity contribution < 1.29 is 4.74 Å². The first kappa shape index (κ1) is 18.4. The summed E-state index contributed by atoms with van der Waals surface area (Å²) in [5.41, 5.74) is 0.812. The molecule has 0 spiro atoms. The Kier molecular flexibility index (Phi) is 7.13. The van der Waals surface area contributed by atoms with Crippen LogP contribution in [0.4, 0.5) is 0 Å². The second kappa shape index (κ2) is 8.13. The van der Waals surface area contributed by atoms with Crippen molar-refractivity contribution in [3.63, 3.8) is 0 Å². The van der Waals surface area contributed by atoms with Gasteiger partial charge in [0.25, 0.3) is 0 Å². The smallest absolute Gasteiger partial charge is 0.144 e. The molecule has 1 aliphatic heterocycles. The van der Waals surface area contributed by atoms with Crippen LogP contribution in [0.25, 0.3) is 0 Å². The SMILES string of the molecule is C=CN=C1/C(=C(/Cl)C=C)C=C(Br)N1COCC[Si](C)(C)C. The number of nitrogens with zero attached hydrogens (tertiary/aromatic N) is 2. The molecule has 0 radical (unpaired) electrons. The van der Waals surface area contributed by atoms with Gasteiger partial charge in [0.1, 0.15) is 12.6 Å². The van der Waals surface area contributed by atoms with Gasteiger partial charge in [0.15, 0.2) is 0 Å². The molecule has 116 valence electrons. The fourth-order valence-corrected chi connectivity index (χ4v) is 3.07. The summed E-state index contributed by atoms with van der Waals surface area (Å²) in [4.78, 5) is 6.22. The Hall–Kier alpha value is -0.623. The number of amidine groups is 1. The van der Waals surface area contributed by atoms with Crippen molar-refractivity contribution in [3.8, 4) is 0 Å². The van der Waals surface area contributed by atoms with Gasteiger partial charge in [-0.25, -0.2) is 4.99 Å². The molecule has 1 heterocycles. The lowest BCUT2D eigenvalue weighted by Crippen LogP contribution is -2.29. The summed E-state index contributed by atoms with van der Waals surface area (Å²) in [5, 5.41) is 0.553. The topological polar surface area (TPSA) is 24.8 Å². The van der Waals surface area contributed by atoms with Gasteiger partial charge in [-0.2, -0.15) is 0 Å². The van der Waals surface area contributed by atoms with E-state index in [9.17, 15) is 0 Å². The summed E-state index contributed by atoms with van der Waals surface area (Å²) in [6, 6.07) is 1.13. The Bertz CT molecular complexity index is 506. The second-order valence-electron chi connectivity index (χ2n) is 5.84. The Balaban J connectivity index is 2.78. The predicted octanol–water partition coefficient (Wildman–Crippen LogP) is 5.07. The minimum atomic E-state index is -1.08. The quantitative estimate of drug-likeness (QED) is 0.345. The minimum absolute atomic E-state index is 0.430. The third kappa shape index (κ3) is 5.58. The van der Waals surface area contributed by atoms with Crippen LogP contribution in [0.15, 0.2) is 51.7 Å². The Morgan fingerprint density at radius 1 is 1.48 bits per heavy atom. The second-order valence-corrected chi connectivity index (χ2v) is 12.7. The molecule has 0 aromatic carbocycles. The summed E-state index contributed by atoms with van der Waals surface area (Å²) < 4.78 is 6.65. The minimum Gasteiger partial charge on any atom is -0.361 e. The molecule has 0 atom stereocenters. The maximum absolute atomic E-state index is 6.17. The summed E-state index contributed by atoms with van der Waals surface area (Å²) in [6.45, 7) is 15.5. The molecule has 0 aromatic heterocycles. The van der Waals surface area contributed by atoms with Crippen molar-refractivity contribution in [1.29, 1.82) is 0 Å². The highest BCUT2D eigenvalue weighted by atomic mass is 79.9. The highest BCUT2D eigenvalue weighted by Crippen LogP contribution is 2.30. The summed E-state index contributed by atoms with van der Waals surface area (Å²) in [6.07, 6.45) is 5.01. The van der Waals surface area contributed by atoms with Crippen LogP contribution >= 0.6 is 27.5 Å². The third-order valence-electron chi connectivity index (χ3n) is 2.88. The molecule has 0 saturated carbocycles. The van der Waals surface area contributed by atoms with Gasteiger partial charge in [-0.3, -0.25) is 4.90 Å². The van der Waals surface area contributed by atoms with Crippen LogP contribution in [0.5, 0.6) is 0 Å². The zero-order valence-corrected chi connectivity index (χ0v) is 16.2. The van der Waals surface area contributed by atoms with Crippen molar-refractivity contribution in [2.75, 3.05) is 13.3 Å². The van der Waals surface area contributed by atoms with Crippen molar-refractivity contribution in [3.05, 3.63) is 46.7 Å². The first-order valence-electron chi connectivity index (χ1n) is 6.74. The summed E-state index contributed by atoms with van der Waals surface area (Å²) in [7, 11) is -1.08. The van der Waals surface area contributed by atoms with Gasteiger partial charge in [-0.05, 0) is 34.1 Å². The molecule has 0 fully saturated rings. The van der Waals surface area contributed by atoms with Crippen molar-refractivity contribution in [1.82, 2.24) is 4.90 Å². The van der Waals surface area contributed by atoms with Crippen LogP contribution < -0.4 is 0 Å². The van der Waals surface area contributed by atoms with E-state index in [1.165, 1.54) is 6.20 Å². The van der Waals surface area contributed by atoms with E-state index in [2.05, 4.69) is 53.7 Å². The number of allylic oxidation sites excluding steroid dienone is 2. The summed E-state index contributed by atoms with van der Waals surface area (Å²) >= 11 is 9.69. The van der Waals surface area contributed by atoms with Gasteiger partial charge >= 0.3 is 0 Å². The van der Waals surface area contributed by atoms with E-state index in [1.807, 2.05) is 11.0 Å². The monoisotopic (exact) mass is 388 g/mol. The maximum atomic E-state index is 6.17. The Labute approximate surface area is 141 Å². The fraction of sp³-hybridized carbons (Fsp3) is 0.400. The molecule has 0 bridgehead atoms. The number of hydrogen-bond acceptors (Lipinski definition) is 2. The lowest BCUT2D eigenvalue weighted by molar-refractivity contribution is 0.0935. The van der Waals surface area contributed by atoms with Crippen LogP contribution in [0.2, 0.25) is 25.7 Å². The number of aliphatic imine (C=N–C) groups is 1. The molecule has 0 unspecified atom stereocenters. The average molecular weight is 390 g/mol. The maximum Gasteiger partial charge on any atom is 0.144 e. The largest absolute Gasteiger partial charge is 0.361 e. The molecule has 0 aromatic rings. The van der Waals surface area contributed by atoms with Gasteiger partial charge < -0.3 is 4.74 Å². The van der Waals surface area contributed by atoms with Gasteiger partial charge in [-0.1, -0.05) is 44.4 Å². The molecule has 0 N–H and O–H groups in total. The molecule has 6 heteroatoms. The zero-order valence-electron chi connectivity index (χ0n) is 12.8. The van der Waals surface area contributed by atoms with Crippen LogP contribution in [-0.4, -0.2) is 32.1 Å². The Morgan fingerprint density at radius 3 is 2.67 bits per heavy atom. The predicted molar refractivity (Wildman–Crippen MR) is 98.5 cm³/mol. The molecular weight excluding hydrogens is 368 g/mol. The number of hydrogen-bond donors (Lipinski definition) is 0. The molecule has 1 rings (SSSR count). The fourth-order valence-electron chi connectivity index (χ4n) is 1.68. The van der Waals surface area contributed by atoms with E-state index in [0.717, 1.165) is 28.7 Å². The van der Waals surface area contributed by atoms with Crippen LogP contribution in [0.3, 0.4) is 0 Å². The van der Waals surface area contributed by atoms with E-state index >= 15 is 0 Å². The van der Waals surface area contributed by atoms with E-state index in [-0.39, 0.29) is 0 Å². The molecule has 0 aliphatic carbocycles. The molecule has 21 heavy (non-hydrogen) atoms. The first-order chi connectivity index (χ1) is 9.80. The normalized spacial score (nSPS) is 19.8. The van der Waals surface area contributed by atoms with Crippen molar-refractivity contribution in [2.45, 2.75) is 25.7 Å². The van der Waals surface area contributed by atoms with Gasteiger partial charge in [-0.15, -0.1) is 0 Å². The van der Waals surface area contributed by atoms with Gasteiger partial charge in [0.2, 0.25) is 0 Å². The molecule has 1 aliphatic rings. The first-order valence-corrected chi connectivity index (χ1v) is 11.6. The van der Waals surface area contributed by atoms with E-state index in [1.54, 1.807) is 6.08 Å². The molecular formula is C15H22BrClN2OSi. The highest BCUT2D eigenvalue weighted by molar-refractivity contribution is 9.11. The van der Waals surface area contributed by atoms with E-state index in [4.69, 9.17) is 16.3 Å².